The molecule has 0 aliphatic heterocycles. The third-order valence-corrected chi connectivity index (χ3v) is 4.08. The minimum Gasteiger partial charge on any atom is -0.483 e. The zero-order valence-corrected chi connectivity index (χ0v) is 14.8. The topological polar surface area (TPSA) is 50.4 Å². The lowest BCUT2D eigenvalue weighted by Crippen LogP contribution is -2.37. The van der Waals surface area contributed by atoms with Gasteiger partial charge < -0.3 is 15.4 Å². The lowest BCUT2D eigenvalue weighted by molar-refractivity contribution is -0.123. The molecular formula is C16H25BrN2O2. The number of benzene rings is 1. The normalized spacial score (nSPS) is 12.3. The van der Waals surface area contributed by atoms with Gasteiger partial charge in [-0.15, -0.1) is 0 Å². The van der Waals surface area contributed by atoms with Gasteiger partial charge in [0.15, 0.2) is 6.61 Å². The van der Waals surface area contributed by atoms with E-state index in [1.54, 1.807) is 0 Å². The quantitative estimate of drug-likeness (QED) is 0.750. The van der Waals surface area contributed by atoms with E-state index in [-0.39, 0.29) is 24.6 Å². The van der Waals surface area contributed by atoms with E-state index in [2.05, 4.69) is 47.3 Å². The molecule has 4 nitrogen and oxygen atoms in total. The van der Waals surface area contributed by atoms with Crippen LogP contribution < -0.4 is 15.4 Å². The number of carbonyl (C=O) groups excluding carboxylic acids is 1. The Morgan fingerprint density at radius 1 is 1.33 bits per heavy atom. The van der Waals surface area contributed by atoms with Gasteiger partial charge in [-0.05, 0) is 38.9 Å². The SMILES string of the molecule is CCC(CC)NC(=O)COc1cc(Br)ccc1C(C)NC. The van der Waals surface area contributed by atoms with Crippen LogP contribution in [0.15, 0.2) is 22.7 Å². The number of nitrogens with one attached hydrogen (secondary N) is 2. The van der Waals surface area contributed by atoms with Crippen molar-refractivity contribution >= 4 is 21.8 Å². The van der Waals surface area contributed by atoms with Crippen molar-refractivity contribution in [3.63, 3.8) is 0 Å². The number of halogens is 1. The summed E-state index contributed by atoms with van der Waals surface area (Å²) < 4.78 is 6.65. The van der Waals surface area contributed by atoms with Crippen LogP contribution in [0.4, 0.5) is 0 Å². The first-order chi connectivity index (χ1) is 10.0. The molecule has 0 fully saturated rings. The molecule has 0 aliphatic rings. The van der Waals surface area contributed by atoms with E-state index in [1.807, 2.05) is 25.2 Å². The molecule has 118 valence electrons. The number of hydrogen-bond acceptors (Lipinski definition) is 3. The van der Waals surface area contributed by atoms with Crippen LogP contribution in [-0.4, -0.2) is 25.6 Å². The van der Waals surface area contributed by atoms with Gasteiger partial charge in [0, 0.05) is 22.1 Å². The second-order valence-electron chi connectivity index (χ2n) is 5.06. The fourth-order valence-corrected chi connectivity index (χ4v) is 2.39. The lowest BCUT2D eigenvalue weighted by Gasteiger charge is -2.18. The fraction of sp³-hybridized carbons (Fsp3) is 0.562. The van der Waals surface area contributed by atoms with Crippen LogP contribution in [0.5, 0.6) is 5.75 Å². The Labute approximate surface area is 135 Å². The smallest absolute Gasteiger partial charge is 0.258 e. The Morgan fingerprint density at radius 2 is 2.00 bits per heavy atom. The van der Waals surface area contributed by atoms with Crippen molar-refractivity contribution in [3.8, 4) is 5.75 Å². The zero-order valence-electron chi connectivity index (χ0n) is 13.2. The number of carbonyl (C=O) groups is 1. The summed E-state index contributed by atoms with van der Waals surface area (Å²) in [7, 11) is 1.90. The summed E-state index contributed by atoms with van der Waals surface area (Å²) in [5.41, 5.74) is 1.04. The Morgan fingerprint density at radius 3 is 2.57 bits per heavy atom. The summed E-state index contributed by atoms with van der Waals surface area (Å²) in [5.74, 6) is 0.651. The summed E-state index contributed by atoms with van der Waals surface area (Å²) >= 11 is 3.44. The van der Waals surface area contributed by atoms with Crippen LogP contribution in [0.25, 0.3) is 0 Å². The maximum Gasteiger partial charge on any atom is 0.258 e. The second kappa shape index (κ2) is 9.05. The monoisotopic (exact) mass is 356 g/mol. The number of rotatable bonds is 8. The van der Waals surface area contributed by atoms with Crippen molar-refractivity contribution < 1.29 is 9.53 Å². The van der Waals surface area contributed by atoms with Crippen LogP contribution >= 0.6 is 15.9 Å². The predicted molar refractivity (Wildman–Crippen MR) is 89.6 cm³/mol. The van der Waals surface area contributed by atoms with E-state index < -0.39 is 0 Å². The van der Waals surface area contributed by atoms with Gasteiger partial charge in [0.05, 0.1) is 0 Å². The van der Waals surface area contributed by atoms with Crippen LogP contribution in [0.3, 0.4) is 0 Å². The Kier molecular flexibility index (Phi) is 7.75. The summed E-state index contributed by atoms with van der Waals surface area (Å²) in [5, 5.41) is 6.16. The number of amides is 1. The maximum absolute atomic E-state index is 11.9. The van der Waals surface area contributed by atoms with E-state index in [0.717, 1.165) is 28.6 Å². The first kappa shape index (κ1) is 18.0. The number of ether oxygens (including phenoxy) is 1. The minimum atomic E-state index is -0.0771. The van der Waals surface area contributed by atoms with Crippen LogP contribution in [0.2, 0.25) is 0 Å². The van der Waals surface area contributed by atoms with Crippen LogP contribution in [0.1, 0.15) is 45.2 Å². The highest BCUT2D eigenvalue weighted by Crippen LogP contribution is 2.28. The summed E-state index contributed by atoms with van der Waals surface area (Å²) in [6, 6.07) is 6.25. The molecule has 0 saturated heterocycles. The Balaban J connectivity index is 2.70. The van der Waals surface area contributed by atoms with Gasteiger partial charge in [-0.3, -0.25) is 4.79 Å². The molecule has 21 heavy (non-hydrogen) atoms. The summed E-state index contributed by atoms with van der Waals surface area (Å²) in [6.45, 7) is 6.23. The maximum atomic E-state index is 11.9. The highest BCUT2D eigenvalue weighted by atomic mass is 79.9. The Hall–Kier alpha value is -1.07. The second-order valence-corrected chi connectivity index (χ2v) is 5.98. The molecule has 0 aliphatic carbocycles. The van der Waals surface area contributed by atoms with Crippen molar-refractivity contribution in [2.45, 2.75) is 45.7 Å². The molecule has 0 saturated carbocycles. The Bertz CT molecular complexity index is 462. The summed E-state index contributed by atoms with van der Waals surface area (Å²) in [6.07, 6.45) is 1.86. The van der Waals surface area contributed by atoms with Crippen molar-refractivity contribution in [2.75, 3.05) is 13.7 Å². The third-order valence-electron chi connectivity index (χ3n) is 3.58. The molecule has 1 atom stereocenters. The molecule has 1 amide bonds. The van der Waals surface area contributed by atoms with Gasteiger partial charge in [0.1, 0.15) is 5.75 Å². The zero-order chi connectivity index (χ0) is 15.8. The average Bonchev–Trinajstić information content (AvgIpc) is 2.49. The van der Waals surface area contributed by atoms with Crippen LogP contribution in [-0.2, 0) is 4.79 Å². The van der Waals surface area contributed by atoms with Gasteiger partial charge in [-0.2, -0.15) is 0 Å². The highest BCUT2D eigenvalue weighted by molar-refractivity contribution is 9.10. The molecule has 1 aromatic rings. The van der Waals surface area contributed by atoms with E-state index >= 15 is 0 Å². The third kappa shape index (κ3) is 5.67. The molecule has 1 unspecified atom stereocenters. The molecule has 2 N–H and O–H groups in total. The molecule has 0 bridgehead atoms. The van der Waals surface area contributed by atoms with Crippen LogP contribution in [0, 0.1) is 0 Å². The van der Waals surface area contributed by atoms with Gasteiger partial charge >= 0.3 is 0 Å². The van der Waals surface area contributed by atoms with E-state index in [4.69, 9.17) is 4.74 Å². The largest absolute Gasteiger partial charge is 0.483 e. The van der Waals surface area contributed by atoms with Crippen molar-refractivity contribution in [1.29, 1.82) is 0 Å². The fourth-order valence-electron chi connectivity index (χ4n) is 2.05. The standard InChI is InChI=1S/C16H25BrN2O2/c1-5-13(6-2)19-16(20)10-21-15-9-12(17)7-8-14(15)11(3)18-4/h7-9,11,13,18H,5-6,10H2,1-4H3,(H,19,20). The van der Waals surface area contributed by atoms with E-state index in [9.17, 15) is 4.79 Å². The highest BCUT2D eigenvalue weighted by Gasteiger charge is 2.13. The minimum absolute atomic E-state index is 0.0381. The van der Waals surface area contributed by atoms with E-state index in [1.165, 1.54) is 0 Å². The van der Waals surface area contributed by atoms with Crippen molar-refractivity contribution in [1.82, 2.24) is 10.6 Å². The number of hydrogen-bond donors (Lipinski definition) is 2. The molecule has 0 radical (unpaired) electrons. The molecule has 0 aromatic heterocycles. The van der Waals surface area contributed by atoms with E-state index in [0.29, 0.717) is 0 Å². The summed E-state index contributed by atoms with van der Waals surface area (Å²) in [4.78, 5) is 11.9. The lowest BCUT2D eigenvalue weighted by atomic mass is 10.1. The first-order valence-electron chi connectivity index (χ1n) is 7.40. The molecule has 1 aromatic carbocycles. The molecular weight excluding hydrogens is 332 g/mol. The van der Waals surface area contributed by atoms with Gasteiger partial charge in [-0.25, -0.2) is 0 Å². The van der Waals surface area contributed by atoms with Gasteiger partial charge in [0.25, 0.3) is 5.91 Å². The predicted octanol–water partition coefficient (Wildman–Crippen LogP) is 3.41. The van der Waals surface area contributed by atoms with Gasteiger partial charge in [-0.1, -0.05) is 35.8 Å². The average molecular weight is 357 g/mol. The van der Waals surface area contributed by atoms with Crippen molar-refractivity contribution in [3.05, 3.63) is 28.2 Å². The van der Waals surface area contributed by atoms with Gasteiger partial charge in [0.2, 0.25) is 0 Å². The first-order valence-corrected chi connectivity index (χ1v) is 8.19. The molecule has 0 spiro atoms. The molecule has 0 heterocycles. The van der Waals surface area contributed by atoms with Crippen molar-refractivity contribution in [2.24, 2.45) is 0 Å². The molecule has 1 rings (SSSR count). The molecule has 5 heteroatoms.